The summed E-state index contributed by atoms with van der Waals surface area (Å²) in [6.07, 6.45) is 0.545. The van der Waals surface area contributed by atoms with Crippen molar-refractivity contribution in [3.63, 3.8) is 0 Å². The van der Waals surface area contributed by atoms with Gasteiger partial charge in [-0.25, -0.2) is 0 Å². The maximum atomic E-state index is 11.7. The van der Waals surface area contributed by atoms with E-state index in [0.29, 0.717) is 6.54 Å². The van der Waals surface area contributed by atoms with Gasteiger partial charge in [0.2, 0.25) is 5.91 Å². The van der Waals surface area contributed by atoms with E-state index in [-0.39, 0.29) is 24.5 Å². The molecule has 1 aromatic rings. The molecule has 0 aliphatic carbocycles. The molecule has 5 nitrogen and oxygen atoms in total. The fourth-order valence-corrected chi connectivity index (χ4v) is 2.75. The normalized spacial score (nSPS) is 16.0. The molecule has 110 valence electrons. The van der Waals surface area contributed by atoms with Crippen molar-refractivity contribution in [3.8, 4) is 0 Å². The van der Waals surface area contributed by atoms with Crippen LogP contribution in [0.25, 0.3) is 0 Å². The Morgan fingerprint density at radius 3 is 2.80 bits per heavy atom. The fraction of sp³-hybridized carbons (Fsp3) is 0.571. The number of carbonyl (C=O) groups excluding carboxylic acids is 2. The van der Waals surface area contributed by atoms with Gasteiger partial charge in [-0.15, -0.1) is 11.3 Å². The van der Waals surface area contributed by atoms with Crippen LogP contribution < -0.4 is 5.32 Å². The van der Waals surface area contributed by atoms with Gasteiger partial charge in [0.25, 0.3) is 0 Å². The number of hydrogen-bond acceptors (Lipinski definition) is 5. The first-order valence-corrected chi connectivity index (χ1v) is 7.77. The Morgan fingerprint density at radius 2 is 2.10 bits per heavy atom. The minimum absolute atomic E-state index is 0.0447. The average Bonchev–Trinajstić information content (AvgIpc) is 3.00. The number of carbonyl (C=O) groups is 2. The highest BCUT2D eigenvalue weighted by atomic mass is 32.1. The van der Waals surface area contributed by atoms with Gasteiger partial charge in [0.05, 0.1) is 18.1 Å². The molecule has 1 saturated heterocycles. The highest BCUT2D eigenvalue weighted by molar-refractivity contribution is 7.12. The summed E-state index contributed by atoms with van der Waals surface area (Å²) in [5, 5.41) is 4.73. The molecule has 0 saturated carbocycles. The van der Waals surface area contributed by atoms with E-state index in [0.717, 1.165) is 37.7 Å². The lowest BCUT2D eigenvalue weighted by Gasteiger charge is -2.26. The van der Waals surface area contributed by atoms with E-state index in [9.17, 15) is 9.59 Å². The maximum absolute atomic E-state index is 11.7. The summed E-state index contributed by atoms with van der Waals surface area (Å²) >= 11 is 1.42. The monoisotopic (exact) mass is 296 g/mol. The van der Waals surface area contributed by atoms with Crippen molar-refractivity contribution in [2.45, 2.75) is 12.8 Å². The van der Waals surface area contributed by atoms with E-state index in [1.165, 1.54) is 11.3 Å². The van der Waals surface area contributed by atoms with Gasteiger partial charge in [-0.3, -0.25) is 14.5 Å². The molecule has 0 atom stereocenters. The van der Waals surface area contributed by atoms with E-state index in [4.69, 9.17) is 4.74 Å². The summed E-state index contributed by atoms with van der Waals surface area (Å²) in [7, 11) is 0. The van der Waals surface area contributed by atoms with Crippen LogP contribution in [0.15, 0.2) is 17.5 Å². The predicted octanol–water partition coefficient (Wildman–Crippen LogP) is 1.16. The van der Waals surface area contributed by atoms with Crippen LogP contribution in [-0.4, -0.2) is 56.0 Å². The van der Waals surface area contributed by atoms with Crippen LogP contribution >= 0.6 is 11.3 Å². The van der Waals surface area contributed by atoms with E-state index in [1.54, 1.807) is 6.07 Å². The summed E-state index contributed by atoms with van der Waals surface area (Å²) in [4.78, 5) is 26.4. The molecular weight excluding hydrogens is 276 g/mol. The summed E-state index contributed by atoms with van der Waals surface area (Å²) in [5.74, 6) is -0.00788. The molecule has 0 radical (unpaired) electrons. The van der Waals surface area contributed by atoms with Crippen LogP contribution in [0.2, 0.25) is 0 Å². The molecule has 1 amide bonds. The standard InChI is InChI=1S/C14H20N2O3S/c17-12(13-2-1-11-20-13)3-4-14(18)15-5-6-16-7-9-19-10-8-16/h1-2,11H,3-10H2,(H,15,18). The molecule has 1 N–H and O–H groups in total. The second-order valence-electron chi connectivity index (χ2n) is 4.70. The van der Waals surface area contributed by atoms with Gasteiger partial charge in [0.1, 0.15) is 0 Å². The van der Waals surface area contributed by atoms with Gasteiger partial charge < -0.3 is 10.1 Å². The van der Waals surface area contributed by atoms with Crippen LogP contribution in [0.4, 0.5) is 0 Å². The fourth-order valence-electron chi connectivity index (χ4n) is 2.05. The summed E-state index contributed by atoms with van der Waals surface area (Å²) in [6.45, 7) is 4.85. The van der Waals surface area contributed by atoms with Crippen LogP contribution in [-0.2, 0) is 9.53 Å². The topological polar surface area (TPSA) is 58.6 Å². The SMILES string of the molecule is O=C(CCC(=O)c1cccs1)NCCN1CCOCC1. The van der Waals surface area contributed by atoms with Gasteiger partial charge in [-0.05, 0) is 11.4 Å². The molecule has 6 heteroatoms. The number of ketones is 1. The third-order valence-corrected chi connectivity index (χ3v) is 4.14. The zero-order valence-corrected chi connectivity index (χ0v) is 12.3. The molecule has 1 aromatic heterocycles. The van der Waals surface area contributed by atoms with Crippen molar-refractivity contribution >= 4 is 23.0 Å². The Balaban J connectivity index is 1.57. The molecule has 20 heavy (non-hydrogen) atoms. The van der Waals surface area contributed by atoms with Crippen molar-refractivity contribution in [1.82, 2.24) is 10.2 Å². The molecule has 1 fully saturated rings. The summed E-state index contributed by atoms with van der Waals surface area (Å²) < 4.78 is 5.26. The first kappa shape index (κ1) is 15.2. The van der Waals surface area contributed by atoms with Gasteiger partial charge in [-0.1, -0.05) is 6.07 Å². The first-order chi connectivity index (χ1) is 9.75. The molecule has 2 rings (SSSR count). The van der Waals surface area contributed by atoms with E-state index >= 15 is 0 Å². The number of thiophene rings is 1. The van der Waals surface area contributed by atoms with E-state index < -0.39 is 0 Å². The number of amides is 1. The Bertz CT molecular complexity index is 428. The zero-order valence-electron chi connectivity index (χ0n) is 11.5. The second kappa shape index (κ2) is 8.14. The maximum Gasteiger partial charge on any atom is 0.220 e. The molecule has 2 heterocycles. The molecule has 1 aliphatic rings. The number of nitrogens with zero attached hydrogens (tertiary/aromatic N) is 1. The summed E-state index contributed by atoms with van der Waals surface area (Å²) in [5.41, 5.74) is 0. The van der Waals surface area contributed by atoms with E-state index in [2.05, 4.69) is 10.2 Å². The lowest BCUT2D eigenvalue weighted by atomic mass is 10.2. The van der Waals surface area contributed by atoms with Crippen LogP contribution in [0.5, 0.6) is 0 Å². The molecule has 0 bridgehead atoms. The highest BCUT2D eigenvalue weighted by Gasteiger charge is 2.12. The number of hydrogen-bond donors (Lipinski definition) is 1. The van der Waals surface area contributed by atoms with Crippen LogP contribution in [0, 0.1) is 0 Å². The number of ether oxygens (including phenoxy) is 1. The van der Waals surface area contributed by atoms with Gasteiger partial charge >= 0.3 is 0 Å². The minimum Gasteiger partial charge on any atom is -0.379 e. The molecule has 0 spiro atoms. The lowest BCUT2D eigenvalue weighted by molar-refractivity contribution is -0.121. The summed E-state index contributed by atoms with van der Waals surface area (Å²) in [6, 6.07) is 3.64. The third kappa shape index (κ3) is 5.03. The number of Topliss-reactive ketones (excluding diaryl/α,β-unsaturated/α-hetero) is 1. The molecule has 1 aliphatic heterocycles. The second-order valence-corrected chi connectivity index (χ2v) is 5.65. The Hall–Kier alpha value is -1.24. The first-order valence-electron chi connectivity index (χ1n) is 6.89. The Morgan fingerprint density at radius 1 is 1.30 bits per heavy atom. The van der Waals surface area contributed by atoms with Gasteiger partial charge in [0.15, 0.2) is 5.78 Å². The smallest absolute Gasteiger partial charge is 0.220 e. The number of nitrogens with one attached hydrogen (secondary N) is 1. The highest BCUT2D eigenvalue weighted by Crippen LogP contribution is 2.12. The van der Waals surface area contributed by atoms with E-state index in [1.807, 2.05) is 11.4 Å². The minimum atomic E-state index is -0.0526. The lowest BCUT2D eigenvalue weighted by Crippen LogP contribution is -2.41. The van der Waals surface area contributed by atoms with Crippen molar-refractivity contribution in [2.24, 2.45) is 0 Å². The Labute approximate surface area is 122 Å². The van der Waals surface area contributed by atoms with Crippen LogP contribution in [0.1, 0.15) is 22.5 Å². The number of rotatable bonds is 7. The zero-order chi connectivity index (χ0) is 14.2. The predicted molar refractivity (Wildman–Crippen MR) is 78.2 cm³/mol. The van der Waals surface area contributed by atoms with Crippen molar-refractivity contribution in [3.05, 3.63) is 22.4 Å². The largest absolute Gasteiger partial charge is 0.379 e. The molecule has 0 unspecified atom stereocenters. The van der Waals surface area contributed by atoms with Crippen LogP contribution in [0.3, 0.4) is 0 Å². The van der Waals surface area contributed by atoms with Crippen molar-refractivity contribution in [2.75, 3.05) is 39.4 Å². The Kier molecular flexibility index (Phi) is 6.17. The third-order valence-electron chi connectivity index (χ3n) is 3.23. The quantitative estimate of drug-likeness (QED) is 0.767. The van der Waals surface area contributed by atoms with Gasteiger partial charge in [0, 0.05) is 39.0 Å². The van der Waals surface area contributed by atoms with Crippen molar-refractivity contribution in [1.29, 1.82) is 0 Å². The molecule has 0 aromatic carbocycles. The van der Waals surface area contributed by atoms with Gasteiger partial charge in [-0.2, -0.15) is 0 Å². The average molecular weight is 296 g/mol. The molecular formula is C14H20N2O3S. The van der Waals surface area contributed by atoms with Crippen molar-refractivity contribution < 1.29 is 14.3 Å². The number of morpholine rings is 1.